The average molecular weight is 396 g/mol. The zero-order chi connectivity index (χ0) is 20.9. The summed E-state index contributed by atoms with van der Waals surface area (Å²) in [6, 6.07) is 27.2. The van der Waals surface area contributed by atoms with Gasteiger partial charge in [0.2, 0.25) is 0 Å². The van der Waals surface area contributed by atoms with Crippen LogP contribution in [0, 0.1) is 6.92 Å². The molecule has 0 bridgehead atoms. The smallest absolute Gasteiger partial charge is 0.254 e. The van der Waals surface area contributed by atoms with Crippen LogP contribution in [0.2, 0.25) is 0 Å². The number of benzene rings is 3. The highest BCUT2D eigenvalue weighted by Crippen LogP contribution is 2.16. The van der Waals surface area contributed by atoms with Crippen LogP contribution in [0.3, 0.4) is 0 Å². The second-order valence-electron chi connectivity index (χ2n) is 7.54. The van der Waals surface area contributed by atoms with E-state index in [2.05, 4.69) is 17.1 Å². The first-order chi connectivity index (χ1) is 14.6. The maximum Gasteiger partial charge on any atom is 0.254 e. The molecule has 0 saturated heterocycles. The summed E-state index contributed by atoms with van der Waals surface area (Å²) >= 11 is 0. The Labute approximate surface area is 175 Å². The molecule has 0 saturated carbocycles. The lowest BCUT2D eigenvalue weighted by Gasteiger charge is -2.23. The van der Waals surface area contributed by atoms with Crippen LogP contribution in [0.15, 0.2) is 89.7 Å². The summed E-state index contributed by atoms with van der Waals surface area (Å²) in [6.07, 6.45) is 0.726. The van der Waals surface area contributed by atoms with E-state index in [0.717, 1.165) is 28.5 Å². The summed E-state index contributed by atoms with van der Waals surface area (Å²) in [5, 5.41) is 0.963. The molecule has 4 aromatic rings. The predicted octanol–water partition coefficient (Wildman–Crippen LogP) is 4.72. The molecule has 0 aliphatic carbocycles. The van der Waals surface area contributed by atoms with E-state index in [0.29, 0.717) is 17.7 Å². The number of nitrogens with zero attached hydrogens (tertiary/aromatic N) is 1. The lowest BCUT2D eigenvalue weighted by Crippen LogP contribution is -2.34. The Hall–Kier alpha value is -3.66. The van der Waals surface area contributed by atoms with Gasteiger partial charge in [0.05, 0.1) is 6.54 Å². The summed E-state index contributed by atoms with van der Waals surface area (Å²) < 4.78 is 0. The van der Waals surface area contributed by atoms with Gasteiger partial charge in [-0.1, -0.05) is 60.7 Å². The Balaban J connectivity index is 1.64. The molecule has 1 aromatic heterocycles. The van der Waals surface area contributed by atoms with Crippen LogP contribution in [0.1, 0.15) is 27.0 Å². The number of aryl methyl sites for hydroxylation is 1. The van der Waals surface area contributed by atoms with E-state index >= 15 is 0 Å². The molecule has 1 N–H and O–H groups in total. The number of aromatic amines is 1. The number of fused-ring (bicyclic) bond motifs is 1. The molecule has 1 amide bonds. The molecule has 4 heteroatoms. The topological polar surface area (TPSA) is 53.2 Å². The van der Waals surface area contributed by atoms with Gasteiger partial charge in [0, 0.05) is 23.2 Å². The zero-order valence-electron chi connectivity index (χ0n) is 17.0. The first-order valence-electron chi connectivity index (χ1n) is 10.1. The van der Waals surface area contributed by atoms with Crippen molar-refractivity contribution in [2.24, 2.45) is 0 Å². The fourth-order valence-corrected chi connectivity index (χ4v) is 3.61. The molecular weight excluding hydrogens is 372 g/mol. The Morgan fingerprint density at radius 2 is 1.60 bits per heavy atom. The highest BCUT2D eigenvalue weighted by Gasteiger charge is 2.18. The monoisotopic (exact) mass is 396 g/mol. The number of hydrogen-bond donors (Lipinski definition) is 1. The summed E-state index contributed by atoms with van der Waals surface area (Å²) in [4.78, 5) is 30.6. The van der Waals surface area contributed by atoms with E-state index < -0.39 is 0 Å². The predicted molar refractivity (Wildman–Crippen MR) is 121 cm³/mol. The van der Waals surface area contributed by atoms with Gasteiger partial charge < -0.3 is 9.88 Å². The molecule has 150 valence electrons. The average Bonchev–Trinajstić information content (AvgIpc) is 2.78. The van der Waals surface area contributed by atoms with E-state index in [1.807, 2.05) is 79.7 Å². The fourth-order valence-electron chi connectivity index (χ4n) is 3.61. The number of hydrogen-bond acceptors (Lipinski definition) is 2. The van der Waals surface area contributed by atoms with Crippen molar-refractivity contribution in [2.75, 3.05) is 6.54 Å². The molecule has 30 heavy (non-hydrogen) atoms. The molecular formula is C26H24N2O2. The minimum atomic E-state index is -0.154. The van der Waals surface area contributed by atoms with Gasteiger partial charge in [-0.2, -0.15) is 0 Å². The fraction of sp³-hybridized carbons (Fsp3) is 0.154. The number of rotatable bonds is 6. The molecule has 0 spiro atoms. The van der Waals surface area contributed by atoms with Crippen molar-refractivity contribution >= 4 is 16.8 Å². The van der Waals surface area contributed by atoms with E-state index in [-0.39, 0.29) is 18.0 Å². The number of amides is 1. The quantitative estimate of drug-likeness (QED) is 0.513. The third-order valence-electron chi connectivity index (χ3n) is 5.26. The van der Waals surface area contributed by atoms with Crippen LogP contribution >= 0.6 is 0 Å². The van der Waals surface area contributed by atoms with E-state index in [1.54, 1.807) is 4.90 Å². The van der Waals surface area contributed by atoms with E-state index in [9.17, 15) is 9.59 Å². The molecule has 0 fully saturated rings. The molecule has 4 rings (SSSR count). The minimum absolute atomic E-state index is 0.0741. The standard InChI is InChI=1S/C26H24N2O2/c1-19-12-13-22-17-23(25(29)27-24(22)16-19)18-28(15-14-20-8-4-2-5-9-20)26(30)21-10-6-3-7-11-21/h2-13,16-17H,14-15,18H2,1H3,(H,27,29). The van der Waals surface area contributed by atoms with Crippen molar-refractivity contribution in [3.8, 4) is 0 Å². The van der Waals surface area contributed by atoms with Crippen LogP contribution in [0.4, 0.5) is 0 Å². The Kier molecular flexibility index (Phi) is 5.75. The highest BCUT2D eigenvalue weighted by molar-refractivity contribution is 5.94. The maximum atomic E-state index is 13.2. The van der Waals surface area contributed by atoms with E-state index in [1.165, 1.54) is 0 Å². The van der Waals surface area contributed by atoms with Gasteiger partial charge in [-0.3, -0.25) is 9.59 Å². The maximum absolute atomic E-state index is 13.2. The molecule has 4 nitrogen and oxygen atoms in total. The van der Waals surface area contributed by atoms with Gasteiger partial charge in [0.15, 0.2) is 0 Å². The van der Waals surface area contributed by atoms with Gasteiger partial charge in [-0.15, -0.1) is 0 Å². The lowest BCUT2D eigenvalue weighted by molar-refractivity contribution is 0.0744. The van der Waals surface area contributed by atoms with Gasteiger partial charge in [0.25, 0.3) is 11.5 Å². The first-order valence-corrected chi connectivity index (χ1v) is 10.1. The Morgan fingerprint density at radius 1 is 0.900 bits per heavy atom. The third-order valence-corrected chi connectivity index (χ3v) is 5.26. The van der Waals surface area contributed by atoms with Crippen LogP contribution in [0.5, 0.6) is 0 Å². The number of pyridine rings is 1. The summed E-state index contributed by atoms with van der Waals surface area (Å²) in [6.45, 7) is 2.79. The molecule has 0 atom stereocenters. The number of carbonyl (C=O) groups excluding carboxylic acids is 1. The van der Waals surface area contributed by atoms with Gasteiger partial charge in [-0.25, -0.2) is 0 Å². The number of aromatic nitrogens is 1. The van der Waals surface area contributed by atoms with Crippen molar-refractivity contribution in [3.63, 3.8) is 0 Å². The Morgan fingerprint density at radius 3 is 2.33 bits per heavy atom. The van der Waals surface area contributed by atoms with E-state index in [4.69, 9.17) is 0 Å². The van der Waals surface area contributed by atoms with Crippen molar-refractivity contribution in [1.82, 2.24) is 9.88 Å². The molecule has 0 unspecified atom stereocenters. The van der Waals surface area contributed by atoms with Crippen molar-refractivity contribution in [2.45, 2.75) is 19.9 Å². The number of nitrogens with one attached hydrogen (secondary N) is 1. The third kappa shape index (κ3) is 4.49. The van der Waals surface area contributed by atoms with Crippen molar-refractivity contribution in [1.29, 1.82) is 0 Å². The Bertz CT molecular complexity index is 1210. The second-order valence-corrected chi connectivity index (χ2v) is 7.54. The number of H-pyrrole nitrogens is 1. The molecule has 1 heterocycles. The second kappa shape index (κ2) is 8.78. The molecule has 0 aliphatic rings. The first kappa shape index (κ1) is 19.6. The van der Waals surface area contributed by atoms with Gasteiger partial charge >= 0.3 is 0 Å². The van der Waals surface area contributed by atoms with Gasteiger partial charge in [0.1, 0.15) is 0 Å². The summed E-state index contributed by atoms with van der Waals surface area (Å²) in [5.41, 5.74) is 4.12. The molecule has 0 radical (unpaired) electrons. The lowest BCUT2D eigenvalue weighted by atomic mass is 10.1. The van der Waals surface area contributed by atoms with Gasteiger partial charge in [-0.05, 0) is 54.1 Å². The SMILES string of the molecule is Cc1ccc2cc(CN(CCc3ccccc3)C(=O)c3ccccc3)c(=O)[nH]c2c1. The highest BCUT2D eigenvalue weighted by atomic mass is 16.2. The molecule has 0 aliphatic heterocycles. The van der Waals surface area contributed by atoms with Crippen LogP contribution < -0.4 is 5.56 Å². The minimum Gasteiger partial charge on any atom is -0.334 e. The van der Waals surface area contributed by atoms with Crippen LogP contribution in [-0.4, -0.2) is 22.3 Å². The number of carbonyl (C=O) groups is 1. The van der Waals surface area contributed by atoms with Crippen LogP contribution in [-0.2, 0) is 13.0 Å². The summed E-state index contributed by atoms with van der Waals surface area (Å²) in [7, 11) is 0. The van der Waals surface area contributed by atoms with Crippen molar-refractivity contribution < 1.29 is 4.79 Å². The molecule has 3 aromatic carbocycles. The van der Waals surface area contributed by atoms with Crippen molar-refractivity contribution in [3.05, 3.63) is 118 Å². The largest absolute Gasteiger partial charge is 0.334 e. The zero-order valence-corrected chi connectivity index (χ0v) is 17.0. The summed E-state index contributed by atoms with van der Waals surface area (Å²) in [5.74, 6) is -0.0741. The van der Waals surface area contributed by atoms with Crippen LogP contribution in [0.25, 0.3) is 10.9 Å². The normalized spacial score (nSPS) is 10.8.